The lowest BCUT2D eigenvalue weighted by molar-refractivity contribution is -0.137. The van der Waals surface area contributed by atoms with Gasteiger partial charge in [-0.3, -0.25) is 4.68 Å². The van der Waals surface area contributed by atoms with Gasteiger partial charge in [-0.15, -0.1) is 0 Å². The Hall–Kier alpha value is -1.80. The number of aliphatic hydroxyl groups is 1. The third-order valence-corrected chi connectivity index (χ3v) is 4.92. The Morgan fingerprint density at radius 2 is 2.00 bits per heavy atom. The lowest BCUT2D eigenvalue weighted by Crippen LogP contribution is -2.34. The Morgan fingerprint density at radius 1 is 1.24 bits per heavy atom. The van der Waals surface area contributed by atoms with Crippen molar-refractivity contribution < 1.29 is 18.3 Å². The number of aliphatic hydroxyl groups excluding tert-OH is 1. The summed E-state index contributed by atoms with van der Waals surface area (Å²) in [6.45, 7) is 1.53. The maximum atomic E-state index is 12.7. The molecule has 1 N–H and O–H groups in total. The number of fused-ring (bicyclic) bond motifs is 1. The van der Waals surface area contributed by atoms with E-state index >= 15 is 0 Å². The molecule has 9 heteroatoms. The van der Waals surface area contributed by atoms with Gasteiger partial charge in [-0.1, -0.05) is 11.6 Å². The standard InChI is InChI=1S/C16H16ClF3N4O/c17-12-5-10(16(18,19)20)7-21-15(12)23-3-4-24-11(8-23)6-13(22-24)14(25)9-1-2-9/h5-7,9,14,25H,1-4,8H2/t14-/m1/s1. The number of pyridine rings is 1. The van der Waals surface area contributed by atoms with Crippen molar-refractivity contribution in [2.45, 2.75) is 38.2 Å². The van der Waals surface area contributed by atoms with Crippen LogP contribution >= 0.6 is 11.6 Å². The van der Waals surface area contributed by atoms with Gasteiger partial charge in [-0.25, -0.2) is 4.98 Å². The van der Waals surface area contributed by atoms with Gasteiger partial charge in [0.1, 0.15) is 11.9 Å². The summed E-state index contributed by atoms with van der Waals surface area (Å²) in [6, 6.07) is 2.76. The number of hydrogen-bond acceptors (Lipinski definition) is 4. The Balaban J connectivity index is 1.56. The molecule has 2 aromatic rings. The largest absolute Gasteiger partial charge is 0.417 e. The van der Waals surface area contributed by atoms with Crippen molar-refractivity contribution in [1.29, 1.82) is 0 Å². The predicted molar refractivity (Wildman–Crippen MR) is 85.2 cm³/mol. The summed E-state index contributed by atoms with van der Waals surface area (Å²) in [7, 11) is 0. The van der Waals surface area contributed by atoms with Crippen LogP contribution in [0.1, 0.15) is 35.9 Å². The van der Waals surface area contributed by atoms with Gasteiger partial charge in [0, 0.05) is 12.7 Å². The maximum absolute atomic E-state index is 12.7. The lowest BCUT2D eigenvalue weighted by Gasteiger charge is -2.29. The molecule has 0 amide bonds. The number of hydrogen-bond donors (Lipinski definition) is 1. The second-order valence-electron chi connectivity index (χ2n) is 6.51. The van der Waals surface area contributed by atoms with Crippen LogP contribution in [0, 0.1) is 5.92 Å². The van der Waals surface area contributed by atoms with Gasteiger partial charge in [0.15, 0.2) is 0 Å². The van der Waals surface area contributed by atoms with Crippen LogP contribution in [0.25, 0.3) is 0 Å². The maximum Gasteiger partial charge on any atom is 0.417 e. The van der Waals surface area contributed by atoms with Gasteiger partial charge >= 0.3 is 6.18 Å². The van der Waals surface area contributed by atoms with Gasteiger partial charge in [-0.05, 0) is 30.9 Å². The smallest absolute Gasteiger partial charge is 0.386 e. The monoisotopic (exact) mass is 372 g/mol. The predicted octanol–water partition coefficient (Wildman–Crippen LogP) is 3.41. The van der Waals surface area contributed by atoms with Crippen molar-refractivity contribution in [3.8, 4) is 0 Å². The molecule has 2 aromatic heterocycles. The Kier molecular flexibility index (Phi) is 3.92. The van der Waals surface area contributed by atoms with Gasteiger partial charge in [0.2, 0.25) is 0 Å². The van der Waals surface area contributed by atoms with E-state index in [1.54, 1.807) is 0 Å². The van der Waals surface area contributed by atoms with Crippen molar-refractivity contribution in [3.63, 3.8) is 0 Å². The summed E-state index contributed by atoms with van der Waals surface area (Å²) >= 11 is 6.03. The van der Waals surface area contributed by atoms with E-state index in [1.165, 1.54) is 0 Å². The van der Waals surface area contributed by atoms with Crippen molar-refractivity contribution in [2.75, 3.05) is 11.4 Å². The minimum absolute atomic E-state index is 0.0268. The molecule has 134 valence electrons. The number of anilines is 1. The summed E-state index contributed by atoms with van der Waals surface area (Å²) in [6.07, 6.45) is -2.18. The fraction of sp³-hybridized carbons (Fsp3) is 0.500. The van der Waals surface area contributed by atoms with E-state index in [-0.39, 0.29) is 5.02 Å². The molecule has 1 fully saturated rings. The molecule has 0 aromatic carbocycles. The van der Waals surface area contributed by atoms with Crippen LogP contribution in [0.2, 0.25) is 5.02 Å². The zero-order valence-corrected chi connectivity index (χ0v) is 13.9. The average molecular weight is 373 g/mol. The normalized spacial score (nSPS) is 19.0. The summed E-state index contributed by atoms with van der Waals surface area (Å²) in [4.78, 5) is 5.74. The molecular formula is C16H16ClF3N4O. The first kappa shape index (κ1) is 16.7. The molecule has 0 radical (unpaired) electrons. The first-order valence-corrected chi connectivity index (χ1v) is 8.43. The average Bonchev–Trinajstić information content (AvgIpc) is 3.31. The molecule has 1 saturated carbocycles. The number of nitrogens with zero attached hydrogens (tertiary/aromatic N) is 4. The fourth-order valence-corrected chi connectivity index (χ4v) is 3.37. The molecule has 1 aliphatic carbocycles. The highest BCUT2D eigenvalue weighted by atomic mass is 35.5. The van der Waals surface area contributed by atoms with Crippen LogP contribution in [0.15, 0.2) is 18.3 Å². The van der Waals surface area contributed by atoms with E-state index in [4.69, 9.17) is 11.6 Å². The van der Waals surface area contributed by atoms with Gasteiger partial charge in [0.05, 0.1) is 35.1 Å². The Bertz CT molecular complexity index is 803. The molecular weight excluding hydrogens is 357 g/mol. The molecule has 25 heavy (non-hydrogen) atoms. The molecule has 1 atom stereocenters. The van der Waals surface area contributed by atoms with Crippen LogP contribution in [0.4, 0.5) is 19.0 Å². The van der Waals surface area contributed by atoms with E-state index < -0.39 is 17.8 Å². The van der Waals surface area contributed by atoms with Crippen molar-refractivity contribution in [3.05, 3.63) is 40.3 Å². The third-order valence-electron chi connectivity index (χ3n) is 4.64. The quantitative estimate of drug-likeness (QED) is 0.897. The molecule has 2 aliphatic rings. The summed E-state index contributed by atoms with van der Waals surface area (Å²) in [5, 5.41) is 14.6. The number of rotatable bonds is 3. The van der Waals surface area contributed by atoms with Crippen molar-refractivity contribution >= 4 is 17.4 Å². The second-order valence-corrected chi connectivity index (χ2v) is 6.92. The first-order chi connectivity index (χ1) is 11.8. The molecule has 3 heterocycles. The second kappa shape index (κ2) is 5.88. The zero-order chi connectivity index (χ0) is 17.8. The minimum Gasteiger partial charge on any atom is -0.386 e. The first-order valence-electron chi connectivity index (χ1n) is 8.05. The lowest BCUT2D eigenvalue weighted by atomic mass is 10.1. The van der Waals surface area contributed by atoms with E-state index in [2.05, 4.69) is 10.1 Å². The highest BCUT2D eigenvalue weighted by molar-refractivity contribution is 6.33. The molecule has 5 nitrogen and oxygen atoms in total. The van der Waals surface area contributed by atoms with Crippen LogP contribution in [0.5, 0.6) is 0 Å². The highest BCUT2D eigenvalue weighted by Crippen LogP contribution is 2.41. The summed E-state index contributed by atoms with van der Waals surface area (Å²) in [5.41, 5.74) is 0.683. The topological polar surface area (TPSA) is 54.2 Å². The molecule has 0 bridgehead atoms. The van der Waals surface area contributed by atoms with Gasteiger partial charge in [-0.2, -0.15) is 18.3 Å². The van der Waals surface area contributed by atoms with Crippen LogP contribution in [0.3, 0.4) is 0 Å². The molecule has 1 aliphatic heterocycles. The van der Waals surface area contributed by atoms with E-state index in [1.807, 2.05) is 15.6 Å². The van der Waals surface area contributed by atoms with Gasteiger partial charge < -0.3 is 10.0 Å². The van der Waals surface area contributed by atoms with Gasteiger partial charge in [0.25, 0.3) is 0 Å². The van der Waals surface area contributed by atoms with Crippen molar-refractivity contribution in [1.82, 2.24) is 14.8 Å². The van der Waals surface area contributed by atoms with E-state index in [9.17, 15) is 18.3 Å². The number of aromatic nitrogens is 3. The summed E-state index contributed by atoms with van der Waals surface area (Å²) in [5.74, 6) is 0.616. The SMILES string of the molecule is O[C@@H](c1cc2n(n1)CCN(c1ncc(C(F)(F)F)cc1Cl)C2)C1CC1. The Morgan fingerprint density at radius 3 is 2.64 bits per heavy atom. The molecule has 0 unspecified atom stereocenters. The zero-order valence-electron chi connectivity index (χ0n) is 13.2. The fourth-order valence-electron chi connectivity index (χ4n) is 3.09. The van der Waals surface area contributed by atoms with E-state index in [0.717, 1.165) is 30.8 Å². The number of alkyl halides is 3. The van der Waals surface area contributed by atoms with Crippen molar-refractivity contribution in [2.24, 2.45) is 5.92 Å². The molecule has 4 rings (SSSR count). The Labute approximate surface area is 147 Å². The highest BCUT2D eigenvalue weighted by Gasteiger charge is 2.34. The van der Waals surface area contributed by atoms with Crippen LogP contribution in [-0.2, 0) is 19.3 Å². The van der Waals surface area contributed by atoms with E-state index in [0.29, 0.717) is 37.1 Å². The minimum atomic E-state index is -4.47. The van der Waals surface area contributed by atoms with Crippen LogP contribution < -0.4 is 4.90 Å². The summed E-state index contributed by atoms with van der Waals surface area (Å²) < 4.78 is 40.0. The molecule has 0 saturated heterocycles. The third kappa shape index (κ3) is 3.20. The molecule has 0 spiro atoms. The number of halogens is 4. The van der Waals surface area contributed by atoms with Crippen LogP contribution in [-0.4, -0.2) is 26.4 Å².